The lowest BCUT2D eigenvalue weighted by Crippen LogP contribution is -2.26. The summed E-state index contributed by atoms with van der Waals surface area (Å²) in [5, 5.41) is 0. The summed E-state index contributed by atoms with van der Waals surface area (Å²) in [5.74, 6) is 3.85. The largest absolute Gasteiger partial charge is 0.497 e. The number of nitrogens with zero attached hydrogens (tertiary/aromatic N) is 1. The fourth-order valence-corrected chi connectivity index (χ4v) is 3.65. The molecule has 1 unspecified atom stereocenters. The van der Waals surface area contributed by atoms with Gasteiger partial charge in [-0.25, -0.2) is 0 Å². The van der Waals surface area contributed by atoms with Gasteiger partial charge < -0.3 is 19.1 Å². The molecule has 0 aromatic heterocycles. The Morgan fingerprint density at radius 3 is 1.90 bits per heavy atom. The topological polar surface area (TPSA) is 30.9 Å². The molecule has 2 aromatic carbocycles. The van der Waals surface area contributed by atoms with Crippen molar-refractivity contribution >= 4 is 0 Å². The molecule has 2 aromatic rings. The molecule has 0 saturated carbocycles. The number of hydrogen-bond acceptors (Lipinski definition) is 4. The van der Waals surface area contributed by atoms with Gasteiger partial charge >= 0.3 is 0 Å². The van der Waals surface area contributed by atoms with E-state index in [-0.39, 0.29) is 0 Å². The van der Waals surface area contributed by atoms with Gasteiger partial charge in [0, 0.05) is 24.6 Å². The second-order valence-electron chi connectivity index (χ2n) is 7.49. The molecular weight excluding hydrogens is 374 g/mol. The van der Waals surface area contributed by atoms with Gasteiger partial charge in [-0.15, -0.1) is 0 Å². The van der Waals surface area contributed by atoms with Crippen molar-refractivity contribution in [2.45, 2.75) is 20.0 Å². The zero-order valence-electron chi connectivity index (χ0n) is 17.7. The van der Waals surface area contributed by atoms with Crippen LogP contribution in [0.15, 0.2) is 96.1 Å². The molecule has 154 valence electrons. The first-order valence-corrected chi connectivity index (χ1v) is 10.2. The number of rotatable bonds is 7. The molecular formula is C26H27NO3. The number of ether oxygens (including phenoxy) is 3. The highest BCUT2D eigenvalue weighted by molar-refractivity contribution is 5.43. The third-order valence-corrected chi connectivity index (χ3v) is 5.42. The number of methoxy groups -OCH3 is 2. The fourth-order valence-electron chi connectivity index (χ4n) is 3.65. The van der Waals surface area contributed by atoms with Crippen molar-refractivity contribution in [3.8, 4) is 11.5 Å². The summed E-state index contributed by atoms with van der Waals surface area (Å²) in [6.07, 6.45) is 10.5. The summed E-state index contributed by atoms with van der Waals surface area (Å²) in [4.78, 5) is 2.25. The Hall–Kier alpha value is -3.40. The van der Waals surface area contributed by atoms with E-state index in [9.17, 15) is 0 Å². The highest BCUT2D eigenvalue weighted by Gasteiger charge is 2.23. The van der Waals surface area contributed by atoms with E-state index in [0.717, 1.165) is 36.2 Å². The maximum Gasteiger partial charge on any atom is 0.196 e. The monoisotopic (exact) mass is 401 g/mol. The van der Waals surface area contributed by atoms with Crippen molar-refractivity contribution in [3.63, 3.8) is 0 Å². The molecule has 1 aliphatic carbocycles. The molecule has 4 nitrogen and oxygen atoms in total. The standard InChI is InChI=1S/C26H27NO3/c1-19-5-4-6-25-24(19)15-16-26(30-25)27(17-20-7-11-22(28-2)12-8-20)18-21-9-13-23(29-3)14-10-21/h4-16,19H,17-18H2,1-3H3. The van der Waals surface area contributed by atoms with E-state index in [4.69, 9.17) is 14.2 Å². The van der Waals surface area contributed by atoms with E-state index in [1.54, 1.807) is 14.2 Å². The van der Waals surface area contributed by atoms with Gasteiger partial charge in [0.2, 0.25) is 0 Å². The van der Waals surface area contributed by atoms with Crippen LogP contribution in [-0.2, 0) is 17.8 Å². The smallest absolute Gasteiger partial charge is 0.196 e. The predicted octanol–water partition coefficient (Wildman–Crippen LogP) is 5.59. The van der Waals surface area contributed by atoms with Crippen LogP contribution >= 0.6 is 0 Å². The quantitative estimate of drug-likeness (QED) is 0.605. The van der Waals surface area contributed by atoms with E-state index >= 15 is 0 Å². The number of hydrogen-bond donors (Lipinski definition) is 0. The minimum atomic E-state index is 0.361. The van der Waals surface area contributed by atoms with Gasteiger partial charge in [0.25, 0.3) is 0 Å². The summed E-state index contributed by atoms with van der Waals surface area (Å²) in [6, 6.07) is 16.3. The lowest BCUT2D eigenvalue weighted by atomic mass is 9.93. The van der Waals surface area contributed by atoms with Gasteiger partial charge in [0.15, 0.2) is 5.88 Å². The van der Waals surface area contributed by atoms with Crippen molar-refractivity contribution < 1.29 is 14.2 Å². The zero-order valence-corrected chi connectivity index (χ0v) is 17.7. The Morgan fingerprint density at radius 1 is 0.800 bits per heavy atom. The van der Waals surface area contributed by atoms with Gasteiger partial charge in [-0.1, -0.05) is 43.3 Å². The second kappa shape index (κ2) is 8.95. The first-order valence-electron chi connectivity index (χ1n) is 10.2. The highest BCUT2D eigenvalue weighted by Crippen LogP contribution is 2.33. The second-order valence-corrected chi connectivity index (χ2v) is 7.49. The van der Waals surface area contributed by atoms with Crippen LogP contribution in [0.2, 0.25) is 0 Å². The van der Waals surface area contributed by atoms with Gasteiger partial charge in [0.05, 0.1) is 14.2 Å². The van der Waals surface area contributed by atoms with Gasteiger partial charge in [-0.3, -0.25) is 0 Å². The first-order chi connectivity index (χ1) is 14.7. The third kappa shape index (κ3) is 4.43. The summed E-state index contributed by atoms with van der Waals surface area (Å²) < 4.78 is 16.9. The van der Waals surface area contributed by atoms with Gasteiger partial charge in [-0.05, 0) is 53.6 Å². The summed E-state index contributed by atoms with van der Waals surface area (Å²) in [6.45, 7) is 3.64. The van der Waals surface area contributed by atoms with Gasteiger partial charge in [0.1, 0.15) is 17.3 Å². The number of benzene rings is 2. The van der Waals surface area contributed by atoms with E-state index in [2.05, 4.69) is 60.4 Å². The number of fused-ring (bicyclic) bond motifs is 1. The molecule has 0 spiro atoms. The van der Waals surface area contributed by atoms with E-state index in [1.807, 2.05) is 30.3 Å². The van der Waals surface area contributed by atoms with Crippen LogP contribution in [0.3, 0.4) is 0 Å². The lowest BCUT2D eigenvalue weighted by Gasteiger charge is -2.32. The summed E-state index contributed by atoms with van der Waals surface area (Å²) >= 11 is 0. The van der Waals surface area contributed by atoms with E-state index in [0.29, 0.717) is 5.92 Å². The van der Waals surface area contributed by atoms with E-state index < -0.39 is 0 Å². The molecule has 0 fully saturated rings. The SMILES string of the molecule is COc1ccc(CN(Cc2ccc(OC)cc2)C2=CC=C3C(=CC=CC3C)O2)cc1. The van der Waals surface area contributed by atoms with Crippen molar-refractivity contribution in [1.82, 2.24) is 4.90 Å². The van der Waals surface area contributed by atoms with Crippen molar-refractivity contribution in [1.29, 1.82) is 0 Å². The minimum Gasteiger partial charge on any atom is -0.497 e. The molecule has 1 aliphatic heterocycles. The Balaban J connectivity index is 1.60. The van der Waals surface area contributed by atoms with Crippen LogP contribution in [0.1, 0.15) is 18.1 Å². The van der Waals surface area contributed by atoms with Crippen LogP contribution in [0, 0.1) is 5.92 Å². The molecule has 0 N–H and O–H groups in total. The molecule has 1 heterocycles. The molecule has 4 rings (SSSR count). The molecule has 1 atom stereocenters. The Labute approximate surface area is 178 Å². The zero-order chi connectivity index (χ0) is 20.9. The average Bonchev–Trinajstić information content (AvgIpc) is 2.79. The average molecular weight is 402 g/mol. The fraction of sp³-hybridized carbons (Fsp3) is 0.231. The van der Waals surface area contributed by atoms with Crippen LogP contribution in [0.4, 0.5) is 0 Å². The lowest BCUT2D eigenvalue weighted by molar-refractivity contribution is 0.149. The molecule has 0 saturated heterocycles. The third-order valence-electron chi connectivity index (χ3n) is 5.42. The first kappa shape index (κ1) is 19.9. The molecule has 2 aliphatic rings. The van der Waals surface area contributed by atoms with Crippen LogP contribution in [-0.4, -0.2) is 19.1 Å². The Bertz CT molecular complexity index is 948. The highest BCUT2D eigenvalue weighted by atomic mass is 16.5. The summed E-state index contributed by atoms with van der Waals surface area (Å²) in [5.41, 5.74) is 3.60. The maximum atomic E-state index is 6.34. The van der Waals surface area contributed by atoms with Gasteiger partial charge in [-0.2, -0.15) is 0 Å². The molecule has 0 amide bonds. The van der Waals surface area contributed by atoms with Crippen molar-refractivity contribution in [2.24, 2.45) is 5.92 Å². The molecule has 30 heavy (non-hydrogen) atoms. The van der Waals surface area contributed by atoms with Crippen LogP contribution < -0.4 is 9.47 Å². The molecule has 0 radical (unpaired) electrons. The molecule has 4 heteroatoms. The number of allylic oxidation sites excluding steroid dienone is 6. The normalized spacial score (nSPS) is 17.2. The maximum absolute atomic E-state index is 6.34. The predicted molar refractivity (Wildman–Crippen MR) is 119 cm³/mol. The van der Waals surface area contributed by atoms with E-state index in [1.165, 1.54) is 16.7 Å². The van der Waals surface area contributed by atoms with Crippen molar-refractivity contribution in [3.05, 3.63) is 107 Å². The van der Waals surface area contributed by atoms with Crippen LogP contribution in [0.25, 0.3) is 0 Å². The minimum absolute atomic E-state index is 0.361. The summed E-state index contributed by atoms with van der Waals surface area (Å²) in [7, 11) is 3.37. The molecule has 0 bridgehead atoms. The Morgan fingerprint density at radius 2 is 1.37 bits per heavy atom. The van der Waals surface area contributed by atoms with Crippen LogP contribution in [0.5, 0.6) is 11.5 Å². The van der Waals surface area contributed by atoms with Crippen molar-refractivity contribution in [2.75, 3.05) is 14.2 Å². The Kier molecular flexibility index (Phi) is 5.94.